The second-order valence-electron chi connectivity index (χ2n) is 8.03. The van der Waals surface area contributed by atoms with Crippen molar-refractivity contribution in [3.05, 3.63) is 41.0 Å². The molecule has 0 aliphatic heterocycles. The van der Waals surface area contributed by atoms with Gasteiger partial charge in [-0.1, -0.05) is 18.5 Å². The lowest BCUT2D eigenvalue weighted by atomic mass is 9.73. The summed E-state index contributed by atoms with van der Waals surface area (Å²) in [4.78, 5) is 11.9. The molecule has 27 heavy (non-hydrogen) atoms. The van der Waals surface area contributed by atoms with Gasteiger partial charge in [0.05, 0.1) is 11.6 Å². The molecule has 144 valence electrons. The van der Waals surface area contributed by atoms with Gasteiger partial charge >= 0.3 is 0 Å². The largest absolute Gasteiger partial charge is 0.390 e. The van der Waals surface area contributed by atoms with Gasteiger partial charge < -0.3 is 16.2 Å². The Kier molecular flexibility index (Phi) is 4.64. The fraction of sp³-hybridized carbons (Fsp3) is 0.500. The number of amides is 1. The van der Waals surface area contributed by atoms with Crippen LogP contribution < -0.4 is 11.1 Å². The van der Waals surface area contributed by atoms with Crippen LogP contribution in [-0.4, -0.2) is 26.4 Å². The van der Waals surface area contributed by atoms with E-state index < -0.39 is 11.5 Å². The molecule has 0 spiro atoms. The van der Waals surface area contributed by atoms with E-state index in [0.717, 1.165) is 37.8 Å². The zero-order valence-electron chi connectivity index (χ0n) is 15.4. The highest BCUT2D eigenvalue weighted by Gasteiger charge is 2.48. The SMILES string of the molecule is CC1CC(O)(C2CC2)CCC1n1cc(C(N)=O)c(Nc2ccc(Cl)cc2)n1. The first-order chi connectivity index (χ1) is 12.9. The summed E-state index contributed by atoms with van der Waals surface area (Å²) in [7, 11) is 0. The molecule has 1 heterocycles. The summed E-state index contributed by atoms with van der Waals surface area (Å²) in [6.07, 6.45) is 6.39. The highest BCUT2D eigenvalue weighted by molar-refractivity contribution is 6.30. The minimum Gasteiger partial charge on any atom is -0.390 e. The molecule has 0 radical (unpaired) electrons. The minimum atomic E-state index is -0.528. The van der Waals surface area contributed by atoms with Crippen molar-refractivity contribution in [1.29, 1.82) is 0 Å². The summed E-state index contributed by atoms with van der Waals surface area (Å²) in [6.45, 7) is 2.15. The van der Waals surface area contributed by atoms with E-state index in [-0.39, 0.29) is 12.0 Å². The van der Waals surface area contributed by atoms with Gasteiger partial charge in [-0.25, -0.2) is 0 Å². The maximum Gasteiger partial charge on any atom is 0.254 e. The van der Waals surface area contributed by atoms with E-state index in [1.54, 1.807) is 18.3 Å². The van der Waals surface area contributed by atoms with Gasteiger partial charge in [-0.05, 0) is 68.2 Å². The maximum absolute atomic E-state index is 11.9. The minimum absolute atomic E-state index is 0.142. The summed E-state index contributed by atoms with van der Waals surface area (Å²) in [5.74, 6) is 0.658. The van der Waals surface area contributed by atoms with Gasteiger partial charge in [0, 0.05) is 16.9 Å². The van der Waals surface area contributed by atoms with Crippen molar-refractivity contribution in [2.75, 3.05) is 5.32 Å². The Hall–Kier alpha value is -2.05. The van der Waals surface area contributed by atoms with Crippen LogP contribution in [0, 0.1) is 11.8 Å². The predicted molar refractivity (Wildman–Crippen MR) is 105 cm³/mol. The van der Waals surface area contributed by atoms with Crippen molar-refractivity contribution >= 4 is 29.0 Å². The lowest BCUT2D eigenvalue weighted by Gasteiger charge is -2.40. The van der Waals surface area contributed by atoms with Crippen LogP contribution in [0.5, 0.6) is 0 Å². The Bertz CT molecular complexity index is 846. The number of primary amides is 1. The molecule has 1 aromatic carbocycles. The van der Waals surface area contributed by atoms with Gasteiger partial charge in [0.1, 0.15) is 5.56 Å². The lowest BCUT2D eigenvalue weighted by molar-refractivity contribution is -0.0481. The van der Waals surface area contributed by atoms with Crippen LogP contribution in [0.25, 0.3) is 0 Å². The van der Waals surface area contributed by atoms with E-state index in [1.807, 2.05) is 16.8 Å². The summed E-state index contributed by atoms with van der Waals surface area (Å²) in [6, 6.07) is 7.33. The molecule has 0 bridgehead atoms. The van der Waals surface area contributed by atoms with Crippen molar-refractivity contribution in [2.24, 2.45) is 17.6 Å². The van der Waals surface area contributed by atoms with E-state index >= 15 is 0 Å². The van der Waals surface area contributed by atoms with E-state index in [0.29, 0.717) is 22.3 Å². The van der Waals surface area contributed by atoms with Crippen LogP contribution >= 0.6 is 11.6 Å². The van der Waals surface area contributed by atoms with Gasteiger partial charge in [-0.2, -0.15) is 5.10 Å². The molecular weight excluding hydrogens is 364 g/mol. The fourth-order valence-corrected chi connectivity index (χ4v) is 4.49. The number of aliphatic hydroxyl groups is 1. The third kappa shape index (κ3) is 3.69. The van der Waals surface area contributed by atoms with E-state index in [9.17, 15) is 9.90 Å². The molecule has 3 atom stereocenters. The second kappa shape index (κ2) is 6.84. The quantitative estimate of drug-likeness (QED) is 0.724. The molecule has 7 heteroatoms. The Morgan fingerprint density at radius 1 is 1.33 bits per heavy atom. The van der Waals surface area contributed by atoms with E-state index in [1.165, 1.54) is 0 Å². The topological polar surface area (TPSA) is 93.2 Å². The summed E-state index contributed by atoms with van der Waals surface area (Å²) < 4.78 is 1.84. The third-order valence-electron chi connectivity index (χ3n) is 5.99. The first-order valence-corrected chi connectivity index (χ1v) is 9.87. The van der Waals surface area contributed by atoms with Crippen LogP contribution in [-0.2, 0) is 0 Å². The van der Waals surface area contributed by atoms with Crippen LogP contribution in [0.1, 0.15) is 55.4 Å². The van der Waals surface area contributed by atoms with Gasteiger partial charge in [-0.3, -0.25) is 9.48 Å². The maximum atomic E-state index is 11.9. The molecular formula is C20H25ClN4O2. The molecule has 0 saturated heterocycles. The molecule has 2 fully saturated rings. The summed E-state index contributed by atoms with van der Waals surface area (Å²) in [5.41, 5.74) is 6.19. The number of aromatic nitrogens is 2. The molecule has 1 aromatic heterocycles. The molecule has 3 unspecified atom stereocenters. The number of rotatable bonds is 5. The molecule has 1 amide bonds. The van der Waals surface area contributed by atoms with E-state index in [2.05, 4.69) is 17.3 Å². The van der Waals surface area contributed by atoms with Crippen molar-refractivity contribution < 1.29 is 9.90 Å². The number of anilines is 2. The lowest BCUT2D eigenvalue weighted by Crippen LogP contribution is -2.41. The Morgan fingerprint density at radius 3 is 2.63 bits per heavy atom. The number of hydrogen-bond acceptors (Lipinski definition) is 4. The van der Waals surface area contributed by atoms with Crippen LogP contribution in [0.2, 0.25) is 5.02 Å². The third-order valence-corrected chi connectivity index (χ3v) is 6.24. The number of nitrogens with zero attached hydrogens (tertiary/aromatic N) is 2. The molecule has 4 rings (SSSR count). The zero-order chi connectivity index (χ0) is 19.2. The predicted octanol–water partition coefficient (Wildman–Crippen LogP) is 3.88. The second-order valence-corrected chi connectivity index (χ2v) is 8.47. The van der Waals surface area contributed by atoms with Crippen molar-refractivity contribution in [1.82, 2.24) is 9.78 Å². The normalized spacial score (nSPS) is 28.1. The van der Waals surface area contributed by atoms with Gasteiger partial charge in [0.15, 0.2) is 5.82 Å². The molecule has 6 nitrogen and oxygen atoms in total. The van der Waals surface area contributed by atoms with Gasteiger partial charge in [0.2, 0.25) is 0 Å². The summed E-state index contributed by atoms with van der Waals surface area (Å²) in [5, 5.41) is 19.3. The van der Waals surface area contributed by atoms with E-state index in [4.69, 9.17) is 17.3 Å². The van der Waals surface area contributed by atoms with Crippen LogP contribution in [0.15, 0.2) is 30.5 Å². The first kappa shape index (κ1) is 18.3. The Morgan fingerprint density at radius 2 is 2.04 bits per heavy atom. The monoisotopic (exact) mass is 388 g/mol. The number of nitrogens with two attached hydrogens (primary N) is 1. The highest BCUT2D eigenvalue weighted by atomic mass is 35.5. The molecule has 4 N–H and O–H groups in total. The Balaban J connectivity index is 1.56. The fourth-order valence-electron chi connectivity index (χ4n) is 4.37. The number of carbonyl (C=O) groups is 1. The van der Waals surface area contributed by atoms with Crippen molar-refractivity contribution in [3.63, 3.8) is 0 Å². The number of hydrogen-bond donors (Lipinski definition) is 3. The summed E-state index contributed by atoms with van der Waals surface area (Å²) >= 11 is 5.93. The number of carbonyl (C=O) groups excluding carboxylic acids is 1. The van der Waals surface area contributed by atoms with Crippen molar-refractivity contribution in [2.45, 2.75) is 50.7 Å². The molecule has 2 aromatic rings. The van der Waals surface area contributed by atoms with Crippen LogP contribution in [0.4, 0.5) is 11.5 Å². The molecule has 2 aliphatic rings. The Labute approximate surface area is 163 Å². The molecule has 2 saturated carbocycles. The number of benzene rings is 1. The van der Waals surface area contributed by atoms with Gasteiger partial charge in [-0.15, -0.1) is 0 Å². The highest BCUT2D eigenvalue weighted by Crippen LogP contribution is 2.50. The average molecular weight is 389 g/mol. The molecule has 2 aliphatic carbocycles. The number of halogens is 1. The zero-order valence-corrected chi connectivity index (χ0v) is 16.1. The average Bonchev–Trinajstić information content (AvgIpc) is 3.39. The smallest absolute Gasteiger partial charge is 0.254 e. The standard InChI is InChI=1S/C20H25ClN4O2/c1-12-10-20(27,13-2-3-13)9-8-17(12)25-11-16(18(22)26)19(24-25)23-15-6-4-14(21)5-7-15/h4-7,11-13,17,27H,2-3,8-10H2,1H3,(H2,22,26)(H,23,24). The van der Waals surface area contributed by atoms with Crippen molar-refractivity contribution in [3.8, 4) is 0 Å². The van der Waals surface area contributed by atoms with Crippen LogP contribution in [0.3, 0.4) is 0 Å². The van der Waals surface area contributed by atoms with Gasteiger partial charge in [0.25, 0.3) is 5.91 Å². The number of nitrogens with one attached hydrogen (secondary N) is 1. The first-order valence-electron chi connectivity index (χ1n) is 9.49.